The van der Waals surface area contributed by atoms with Gasteiger partial charge in [0.15, 0.2) is 0 Å². The minimum atomic E-state index is -1.02. The number of hydrogen-bond acceptors (Lipinski definition) is 5. The van der Waals surface area contributed by atoms with E-state index in [1.54, 1.807) is 19.9 Å². The number of esters is 1. The van der Waals surface area contributed by atoms with E-state index in [-0.39, 0.29) is 27.8 Å². The topological polar surface area (TPSA) is 73.2 Å². The van der Waals surface area contributed by atoms with Crippen molar-refractivity contribution in [2.24, 2.45) is 0 Å². The first-order valence-electron chi connectivity index (χ1n) is 10.2. The lowest BCUT2D eigenvalue weighted by atomic mass is 9.79. The van der Waals surface area contributed by atoms with Crippen LogP contribution in [0, 0.1) is 5.82 Å². The summed E-state index contributed by atoms with van der Waals surface area (Å²) < 4.78 is 22.1. The van der Waals surface area contributed by atoms with Gasteiger partial charge in [-0.1, -0.05) is 17.7 Å². The van der Waals surface area contributed by atoms with E-state index in [0.29, 0.717) is 11.4 Å². The molecule has 1 aromatic carbocycles. The third-order valence-corrected chi connectivity index (χ3v) is 6.14. The number of nitrogens with one attached hydrogen (secondary N) is 1. The molecule has 1 atom stereocenters. The highest BCUT2D eigenvalue weighted by atomic mass is 35.5. The van der Waals surface area contributed by atoms with Crippen molar-refractivity contribution in [1.82, 2.24) is 14.9 Å². The van der Waals surface area contributed by atoms with Crippen LogP contribution in [0.1, 0.15) is 55.8 Å². The van der Waals surface area contributed by atoms with E-state index in [9.17, 15) is 9.59 Å². The monoisotopic (exact) mass is 443 g/mol. The van der Waals surface area contributed by atoms with Gasteiger partial charge in [0.25, 0.3) is 5.91 Å². The number of aromatic nitrogens is 2. The van der Waals surface area contributed by atoms with E-state index < -0.39 is 23.6 Å². The van der Waals surface area contributed by atoms with Crippen molar-refractivity contribution in [2.45, 2.75) is 51.6 Å². The Morgan fingerprint density at radius 1 is 1.19 bits per heavy atom. The molecular formula is C23H23ClFN3O3. The number of allylic oxidation sites excluding steroid dienone is 3. The molecule has 8 heteroatoms. The minimum Gasteiger partial charge on any atom is -0.459 e. The quantitative estimate of drug-likeness (QED) is 0.691. The van der Waals surface area contributed by atoms with E-state index in [0.717, 1.165) is 25.7 Å². The van der Waals surface area contributed by atoms with Gasteiger partial charge in [-0.05, 0) is 51.7 Å². The molecule has 1 aliphatic heterocycles. The molecule has 2 heterocycles. The maximum Gasteiger partial charge on any atom is 0.337 e. The van der Waals surface area contributed by atoms with Crippen LogP contribution >= 0.6 is 11.6 Å². The Morgan fingerprint density at radius 3 is 2.55 bits per heavy atom. The van der Waals surface area contributed by atoms with Crippen LogP contribution in [0.15, 0.2) is 59.5 Å². The Hall–Kier alpha value is -2.93. The summed E-state index contributed by atoms with van der Waals surface area (Å²) in [6.45, 7) is 3.43. The number of ether oxygens (including phenoxy) is 1. The number of carbonyl (C=O) groups is 2. The lowest BCUT2D eigenvalue weighted by Crippen LogP contribution is -2.34. The van der Waals surface area contributed by atoms with Gasteiger partial charge >= 0.3 is 5.97 Å². The molecule has 4 rings (SSSR count). The van der Waals surface area contributed by atoms with Crippen LogP contribution in [0.25, 0.3) is 0 Å². The molecule has 0 amide bonds. The van der Waals surface area contributed by atoms with Gasteiger partial charge in [0, 0.05) is 39.9 Å². The van der Waals surface area contributed by atoms with Gasteiger partial charge < -0.3 is 10.1 Å². The predicted molar refractivity (Wildman–Crippen MR) is 114 cm³/mol. The normalized spacial score (nSPS) is 19.5. The van der Waals surface area contributed by atoms with Crippen molar-refractivity contribution in [3.63, 3.8) is 0 Å². The van der Waals surface area contributed by atoms with Crippen LogP contribution in [0.2, 0.25) is 5.02 Å². The number of dihydropyridines is 1. The Kier molecular flexibility index (Phi) is 5.96. The summed E-state index contributed by atoms with van der Waals surface area (Å²) in [7, 11) is 0. The van der Waals surface area contributed by atoms with Gasteiger partial charge in [0.05, 0.1) is 11.5 Å². The maximum atomic E-state index is 15.1. The van der Waals surface area contributed by atoms with Crippen LogP contribution in [0.5, 0.6) is 0 Å². The fourth-order valence-electron chi connectivity index (χ4n) is 4.36. The first-order valence-corrected chi connectivity index (χ1v) is 10.6. The summed E-state index contributed by atoms with van der Waals surface area (Å²) in [6.07, 6.45) is 7.77. The second-order valence-corrected chi connectivity index (χ2v) is 8.26. The Labute approximate surface area is 184 Å². The molecule has 0 bridgehead atoms. The lowest BCUT2D eigenvalue weighted by Gasteiger charge is -2.32. The van der Waals surface area contributed by atoms with Gasteiger partial charge in [-0.2, -0.15) is 0 Å². The molecule has 2 aliphatic rings. The number of rotatable bonds is 4. The molecule has 1 fully saturated rings. The highest BCUT2D eigenvalue weighted by Crippen LogP contribution is 2.43. The minimum absolute atomic E-state index is 0.0752. The van der Waals surface area contributed by atoms with E-state index in [4.69, 9.17) is 16.3 Å². The van der Waals surface area contributed by atoms with E-state index in [1.807, 2.05) is 0 Å². The number of benzene rings is 1. The zero-order valence-electron chi connectivity index (χ0n) is 17.3. The summed E-state index contributed by atoms with van der Waals surface area (Å²) in [5.41, 5.74) is 1.50. The molecule has 31 heavy (non-hydrogen) atoms. The van der Waals surface area contributed by atoms with Crippen molar-refractivity contribution in [3.8, 4) is 0 Å². The Morgan fingerprint density at radius 2 is 1.90 bits per heavy atom. The first-order chi connectivity index (χ1) is 14.9. The van der Waals surface area contributed by atoms with Crippen molar-refractivity contribution in [3.05, 3.63) is 75.9 Å². The molecule has 1 aliphatic carbocycles. The second kappa shape index (κ2) is 8.67. The van der Waals surface area contributed by atoms with E-state index >= 15 is 4.39 Å². The Balaban J connectivity index is 1.85. The maximum absolute atomic E-state index is 15.1. The second-order valence-electron chi connectivity index (χ2n) is 7.86. The van der Waals surface area contributed by atoms with Gasteiger partial charge in [0.1, 0.15) is 18.2 Å². The number of carbonyl (C=O) groups excluding carboxylic acids is 2. The zero-order valence-corrected chi connectivity index (χ0v) is 18.1. The molecule has 2 aromatic rings. The molecule has 1 N–H and O–H groups in total. The van der Waals surface area contributed by atoms with Crippen molar-refractivity contribution in [1.29, 1.82) is 0 Å². The van der Waals surface area contributed by atoms with Crippen LogP contribution in [0.4, 0.5) is 4.39 Å². The summed E-state index contributed by atoms with van der Waals surface area (Å²) in [5.74, 6) is -2.60. The fourth-order valence-corrected chi connectivity index (χ4v) is 4.63. The first kappa shape index (κ1) is 21.3. The summed E-state index contributed by atoms with van der Waals surface area (Å²) in [6, 6.07) is 4.31. The zero-order chi connectivity index (χ0) is 22.1. The van der Waals surface area contributed by atoms with Crippen molar-refractivity contribution in [2.75, 3.05) is 0 Å². The van der Waals surface area contributed by atoms with Crippen molar-refractivity contribution < 1.29 is 18.7 Å². The molecule has 6 nitrogen and oxygen atoms in total. The van der Waals surface area contributed by atoms with Crippen LogP contribution in [-0.4, -0.2) is 27.5 Å². The molecule has 0 saturated heterocycles. The third kappa shape index (κ3) is 4.02. The summed E-state index contributed by atoms with van der Waals surface area (Å²) in [5, 5.41) is 3.24. The molecule has 162 valence electrons. The molecular weight excluding hydrogens is 421 g/mol. The standard InChI is InChI=1S/C23H23ClFN3O3/c1-13-18(22(29)28-11-10-26-12-28)21(20-16(24)8-5-9-17(20)25)19(14(2)27-13)23(30)31-15-6-3-4-7-15/h5,8-12,15,21,27H,3-4,6-7H2,1-2H3. The largest absolute Gasteiger partial charge is 0.459 e. The highest BCUT2D eigenvalue weighted by Gasteiger charge is 2.40. The molecule has 0 radical (unpaired) electrons. The number of hydrogen-bond donors (Lipinski definition) is 1. The Bertz CT molecular complexity index is 1070. The van der Waals surface area contributed by atoms with Gasteiger partial charge in [-0.25, -0.2) is 14.2 Å². The molecule has 1 aromatic heterocycles. The third-order valence-electron chi connectivity index (χ3n) is 5.81. The number of nitrogens with zero attached hydrogens (tertiary/aromatic N) is 2. The SMILES string of the molecule is CC1=C(C(=O)OC2CCCC2)C(c2c(F)cccc2Cl)C(C(=O)n2ccnc2)=C(C)N1. The van der Waals surface area contributed by atoms with Gasteiger partial charge in [0.2, 0.25) is 0 Å². The van der Waals surface area contributed by atoms with Crippen LogP contribution in [-0.2, 0) is 9.53 Å². The average Bonchev–Trinajstić information content (AvgIpc) is 3.41. The molecule has 0 spiro atoms. The van der Waals surface area contributed by atoms with Gasteiger partial charge in [-0.3, -0.25) is 9.36 Å². The van der Waals surface area contributed by atoms with E-state index in [1.165, 1.54) is 35.4 Å². The predicted octanol–water partition coefficient (Wildman–Crippen LogP) is 4.74. The average molecular weight is 444 g/mol. The van der Waals surface area contributed by atoms with Gasteiger partial charge in [-0.15, -0.1) is 0 Å². The molecule has 1 unspecified atom stereocenters. The smallest absolute Gasteiger partial charge is 0.337 e. The van der Waals surface area contributed by atoms with Crippen molar-refractivity contribution >= 4 is 23.5 Å². The highest BCUT2D eigenvalue weighted by molar-refractivity contribution is 6.31. The number of imidazole rings is 1. The molecule has 1 saturated carbocycles. The number of halogens is 2. The summed E-state index contributed by atoms with van der Waals surface area (Å²) in [4.78, 5) is 30.6. The van der Waals surface area contributed by atoms with E-state index in [2.05, 4.69) is 10.3 Å². The van der Waals surface area contributed by atoms with Crippen LogP contribution in [0.3, 0.4) is 0 Å². The lowest BCUT2D eigenvalue weighted by molar-refractivity contribution is -0.144. The fraction of sp³-hybridized carbons (Fsp3) is 0.348. The summed E-state index contributed by atoms with van der Waals surface area (Å²) >= 11 is 6.41. The van der Waals surface area contributed by atoms with Crippen LogP contribution < -0.4 is 5.32 Å².